The Kier molecular flexibility index (Phi) is 3.14. The number of benzene rings is 1. The molecule has 1 aromatic carbocycles. The Morgan fingerprint density at radius 1 is 1.09 bits per heavy atom. The van der Waals surface area contributed by atoms with Crippen LogP contribution in [0.25, 0.3) is 11.1 Å². The molecular formula is C20H19BrO2. The first-order chi connectivity index (χ1) is 10.9. The van der Waals surface area contributed by atoms with Crippen LogP contribution in [0.1, 0.15) is 55.4 Å². The molecule has 0 N–H and O–H groups in total. The van der Waals surface area contributed by atoms with E-state index in [1.54, 1.807) is 0 Å². The third kappa shape index (κ3) is 2.21. The van der Waals surface area contributed by atoms with Crippen LogP contribution in [0.2, 0.25) is 0 Å². The number of halogens is 1. The topological polar surface area (TPSA) is 22.4 Å². The quantitative estimate of drug-likeness (QED) is 0.552. The molecule has 0 saturated heterocycles. The minimum Gasteiger partial charge on any atom is -0.486 e. The van der Waals surface area contributed by atoms with Gasteiger partial charge in [-0.3, -0.25) is 0 Å². The highest BCUT2D eigenvalue weighted by Crippen LogP contribution is 2.48. The van der Waals surface area contributed by atoms with Crippen molar-refractivity contribution in [3.05, 3.63) is 68.8 Å². The summed E-state index contributed by atoms with van der Waals surface area (Å²) in [7, 11) is 0. The van der Waals surface area contributed by atoms with E-state index < -0.39 is 0 Å². The van der Waals surface area contributed by atoms with Crippen molar-refractivity contribution in [3.8, 4) is 0 Å². The van der Waals surface area contributed by atoms with Crippen molar-refractivity contribution in [1.82, 2.24) is 0 Å². The third-order valence-electron chi connectivity index (χ3n) is 4.66. The predicted octanol–water partition coefficient (Wildman–Crippen LogP) is 6.18. The molecule has 23 heavy (non-hydrogen) atoms. The highest BCUT2D eigenvalue weighted by Gasteiger charge is 2.37. The van der Waals surface area contributed by atoms with Gasteiger partial charge in [0, 0.05) is 22.0 Å². The van der Waals surface area contributed by atoms with Crippen LogP contribution < -0.4 is 0 Å². The van der Waals surface area contributed by atoms with Crippen LogP contribution in [0.4, 0.5) is 0 Å². The molecule has 2 nitrogen and oxygen atoms in total. The molecule has 0 bridgehead atoms. The van der Waals surface area contributed by atoms with Crippen molar-refractivity contribution >= 4 is 27.1 Å². The van der Waals surface area contributed by atoms with Gasteiger partial charge in [-0.05, 0) is 57.0 Å². The van der Waals surface area contributed by atoms with Gasteiger partial charge in [0.15, 0.2) is 0 Å². The highest BCUT2D eigenvalue weighted by atomic mass is 79.9. The summed E-state index contributed by atoms with van der Waals surface area (Å²) in [6.45, 7) is 8.38. The van der Waals surface area contributed by atoms with E-state index in [0.29, 0.717) is 0 Å². The Labute approximate surface area is 145 Å². The summed E-state index contributed by atoms with van der Waals surface area (Å²) in [6.07, 6.45) is 3.03. The van der Waals surface area contributed by atoms with Crippen molar-refractivity contribution in [2.75, 3.05) is 0 Å². The summed E-state index contributed by atoms with van der Waals surface area (Å²) in [5, 5.41) is 0. The maximum absolute atomic E-state index is 6.41. The second-order valence-electron chi connectivity index (χ2n) is 6.79. The molecule has 2 aromatic rings. The van der Waals surface area contributed by atoms with Gasteiger partial charge in [-0.2, -0.15) is 0 Å². The molecule has 4 rings (SSSR count). The zero-order chi connectivity index (χ0) is 16.4. The van der Waals surface area contributed by atoms with Gasteiger partial charge >= 0.3 is 0 Å². The van der Waals surface area contributed by atoms with Gasteiger partial charge in [-0.1, -0.05) is 28.1 Å². The van der Waals surface area contributed by atoms with E-state index in [1.807, 2.05) is 6.92 Å². The minimum absolute atomic E-state index is 0.355. The maximum atomic E-state index is 6.41. The standard InChI is InChI=1S/C20H19BrO2/c1-11-5-8-17-18(19-15(11)9-12(2)22-19)14-7-6-13(21)10-16(14)20(3,4)23-17/h5-7,9-10H,8H2,1-4H3. The Morgan fingerprint density at radius 3 is 2.65 bits per heavy atom. The molecule has 1 aliphatic carbocycles. The first kappa shape index (κ1) is 14.8. The van der Waals surface area contributed by atoms with Crippen LogP contribution in [0.15, 0.2) is 45.0 Å². The van der Waals surface area contributed by atoms with E-state index in [2.05, 4.69) is 67.0 Å². The number of fused-ring (bicyclic) bond motifs is 4. The molecule has 3 heteroatoms. The van der Waals surface area contributed by atoms with Crippen molar-refractivity contribution < 1.29 is 9.15 Å². The number of ether oxygens (including phenoxy) is 1. The largest absolute Gasteiger partial charge is 0.486 e. The molecule has 0 atom stereocenters. The molecule has 0 saturated carbocycles. The van der Waals surface area contributed by atoms with Crippen LogP contribution in [0, 0.1) is 6.92 Å². The van der Waals surface area contributed by atoms with Gasteiger partial charge in [-0.25, -0.2) is 0 Å². The lowest BCUT2D eigenvalue weighted by Gasteiger charge is -2.36. The molecular weight excluding hydrogens is 352 g/mol. The molecule has 118 valence electrons. The fourth-order valence-electron chi connectivity index (χ4n) is 3.54. The second-order valence-corrected chi connectivity index (χ2v) is 7.71. The monoisotopic (exact) mass is 370 g/mol. The smallest absolute Gasteiger partial charge is 0.145 e. The molecule has 0 unspecified atom stereocenters. The summed E-state index contributed by atoms with van der Waals surface area (Å²) in [5.74, 6) is 2.86. The van der Waals surface area contributed by atoms with Crippen LogP contribution >= 0.6 is 15.9 Å². The van der Waals surface area contributed by atoms with Gasteiger partial charge in [0.05, 0.1) is 5.57 Å². The molecule has 0 radical (unpaired) electrons. The van der Waals surface area contributed by atoms with E-state index in [4.69, 9.17) is 9.15 Å². The van der Waals surface area contributed by atoms with Gasteiger partial charge in [0.1, 0.15) is 22.9 Å². The molecule has 0 spiro atoms. The Hall–Kier alpha value is -1.74. The van der Waals surface area contributed by atoms with Gasteiger partial charge in [0.2, 0.25) is 0 Å². The number of rotatable bonds is 0. The zero-order valence-electron chi connectivity index (χ0n) is 13.8. The normalized spacial score (nSPS) is 18.4. The maximum Gasteiger partial charge on any atom is 0.145 e. The lowest BCUT2D eigenvalue weighted by atomic mass is 9.84. The Balaban J connectivity index is 2.05. The van der Waals surface area contributed by atoms with Gasteiger partial charge in [0.25, 0.3) is 0 Å². The first-order valence-corrected chi connectivity index (χ1v) is 8.66. The highest BCUT2D eigenvalue weighted by molar-refractivity contribution is 9.10. The molecule has 1 aliphatic heterocycles. The number of aryl methyl sites for hydroxylation is 1. The Bertz CT molecular complexity index is 881. The van der Waals surface area contributed by atoms with Crippen LogP contribution in [-0.4, -0.2) is 0 Å². The lowest BCUT2D eigenvalue weighted by Crippen LogP contribution is -2.27. The van der Waals surface area contributed by atoms with Crippen LogP contribution in [0.5, 0.6) is 0 Å². The van der Waals surface area contributed by atoms with Crippen LogP contribution in [0.3, 0.4) is 0 Å². The van der Waals surface area contributed by atoms with Crippen molar-refractivity contribution in [2.24, 2.45) is 0 Å². The summed E-state index contributed by atoms with van der Waals surface area (Å²) in [6, 6.07) is 8.53. The minimum atomic E-state index is -0.355. The molecule has 2 aliphatic rings. The van der Waals surface area contributed by atoms with Crippen molar-refractivity contribution in [1.29, 1.82) is 0 Å². The van der Waals surface area contributed by atoms with Gasteiger partial charge < -0.3 is 9.15 Å². The fraction of sp³-hybridized carbons (Fsp3) is 0.300. The van der Waals surface area contributed by atoms with E-state index in [-0.39, 0.29) is 5.60 Å². The van der Waals surface area contributed by atoms with E-state index >= 15 is 0 Å². The third-order valence-corrected chi connectivity index (χ3v) is 5.15. The number of hydrogen-bond donors (Lipinski definition) is 0. The number of furan rings is 1. The zero-order valence-corrected chi connectivity index (χ0v) is 15.4. The van der Waals surface area contributed by atoms with Crippen LogP contribution in [-0.2, 0) is 10.3 Å². The van der Waals surface area contributed by atoms with E-state index in [0.717, 1.165) is 33.7 Å². The number of allylic oxidation sites excluding steroid dienone is 2. The SMILES string of the molecule is CC1=CCC2=C(c3ccc(Br)cc3C(C)(C)O2)c2oc(C)cc21. The van der Waals surface area contributed by atoms with Gasteiger partial charge in [-0.15, -0.1) is 0 Å². The summed E-state index contributed by atoms with van der Waals surface area (Å²) >= 11 is 3.59. The Morgan fingerprint density at radius 2 is 1.87 bits per heavy atom. The van der Waals surface area contributed by atoms with Crippen molar-refractivity contribution in [3.63, 3.8) is 0 Å². The summed E-state index contributed by atoms with van der Waals surface area (Å²) in [4.78, 5) is 0. The predicted molar refractivity (Wildman–Crippen MR) is 96.0 cm³/mol. The van der Waals surface area contributed by atoms with E-state index in [1.165, 1.54) is 22.3 Å². The van der Waals surface area contributed by atoms with Crippen molar-refractivity contribution in [2.45, 2.75) is 39.7 Å². The average molecular weight is 371 g/mol. The summed E-state index contributed by atoms with van der Waals surface area (Å²) < 4.78 is 13.6. The average Bonchev–Trinajstić information content (AvgIpc) is 2.81. The molecule has 2 heterocycles. The summed E-state index contributed by atoms with van der Waals surface area (Å²) in [5.41, 5.74) is 5.55. The molecule has 1 aromatic heterocycles. The molecule has 0 amide bonds. The first-order valence-electron chi connectivity index (χ1n) is 7.87. The van der Waals surface area contributed by atoms with E-state index in [9.17, 15) is 0 Å². The molecule has 0 fully saturated rings. The fourth-order valence-corrected chi connectivity index (χ4v) is 3.90. The second kappa shape index (κ2) is 4.88. The lowest BCUT2D eigenvalue weighted by molar-refractivity contribution is 0.0259. The number of hydrogen-bond acceptors (Lipinski definition) is 2.